The maximum absolute atomic E-state index is 12.9. The summed E-state index contributed by atoms with van der Waals surface area (Å²) in [5, 5.41) is 8.09. The summed E-state index contributed by atoms with van der Waals surface area (Å²) in [5.41, 5.74) is -0.451. The van der Waals surface area contributed by atoms with Crippen LogP contribution in [0.25, 0.3) is 0 Å². The van der Waals surface area contributed by atoms with Crippen molar-refractivity contribution in [2.24, 2.45) is 0 Å². The van der Waals surface area contributed by atoms with Crippen LogP contribution >= 0.6 is 11.6 Å². The van der Waals surface area contributed by atoms with Crippen LogP contribution in [-0.2, 0) is 0 Å². The van der Waals surface area contributed by atoms with Crippen molar-refractivity contribution >= 4 is 30.9 Å². The van der Waals surface area contributed by atoms with Gasteiger partial charge in [0.05, 0.1) is 10.6 Å². The van der Waals surface area contributed by atoms with E-state index in [2.05, 4.69) is 0 Å². The number of halogens is 2. The highest BCUT2D eigenvalue weighted by atomic mass is 35.5. The summed E-state index contributed by atoms with van der Waals surface area (Å²) >= 11 is 5.36. The van der Waals surface area contributed by atoms with Crippen molar-refractivity contribution in [3.63, 3.8) is 0 Å². The van der Waals surface area contributed by atoms with Crippen LogP contribution in [0.5, 0.6) is 0 Å². The fourth-order valence-corrected chi connectivity index (χ4v) is 0.894. The molecule has 1 aromatic rings. The summed E-state index contributed by atoms with van der Waals surface area (Å²) in [7, 11) is 5.22. The van der Waals surface area contributed by atoms with Gasteiger partial charge in [0.25, 0.3) is 0 Å². The average molecular weight is 184 g/mol. The van der Waals surface area contributed by atoms with Crippen molar-refractivity contribution in [3.8, 4) is 0 Å². The molecule has 1 rings (SSSR count). The predicted octanol–water partition coefficient (Wildman–Crippen LogP) is 0.971. The zero-order valence-corrected chi connectivity index (χ0v) is 6.60. The molecule has 0 aliphatic rings. The van der Waals surface area contributed by atoms with Gasteiger partial charge in [-0.2, -0.15) is 0 Å². The molecule has 0 saturated heterocycles. The van der Waals surface area contributed by atoms with Gasteiger partial charge in [0, 0.05) is 0 Å². The van der Waals surface area contributed by atoms with Gasteiger partial charge in [-0.05, 0) is 6.07 Å². The minimum atomic E-state index is -1.37. The molecule has 1 aromatic carbocycles. The van der Waals surface area contributed by atoms with Crippen molar-refractivity contribution in [3.05, 3.63) is 28.5 Å². The Morgan fingerprint density at radius 3 is 2.67 bits per heavy atom. The third-order valence-electron chi connectivity index (χ3n) is 1.34. The molecule has 0 atom stereocenters. The molecule has 0 aliphatic heterocycles. The first kappa shape index (κ1) is 9.07. The molecule has 60 valence electrons. The summed E-state index contributed by atoms with van der Waals surface area (Å²) in [6, 6.07) is 2.31. The van der Waals surface area contributed by atoms with Crippen LogP contribution in [0.15, 0.2) is 12.1 Å². The number of aromatic carboxylic acids is 1. The Morgan fingerprint density at radius 2 is 2.17 bits per heavy atom. The number of carbonyl (C=O) groups is 1. The molecule has 0 saturated carbocycles. The average Bonchev–Trinajstić information content (AvgIpc) is 2.00. The molecule has 0 amide bonds. The number of hydrogen-bond donors (Lipinski definition) is 1. The summed E-state index contributed by atoms with van der Waals surface area (Å²) < 4.78 is 12.9. The molecule has 1 N–H and O–H groups in total. The maximum Gasteiger partial charge on any atom is 0.338 e. The zero-order valence-electron chi connectivity index (χ0n) is 5.84. The Morgan fingerprint density at radius 1 is 1.58 bits per heavy atom. The van der Waals surface area contributed by atoms with Gasteiger partial charge in [-0.3, -0.25) is 0 Å². The monoisotopic (exact) mass is 184 g/mol. The van der Waals surface area contributed by atoms with Gasteiger partial charge in [-0.15, -0.1) is 0 Å². The fraction of sp³-hybridized carbons (Fsp3) is 0. The van der Waals surface area contributed by atoms with Gasteiger partial charge in [0.2, 0.25) is 0 Å². The molecule has 5 heteroatoms. The number of hydrogen-bond acceptors (Lipinski definition) is 1. The molecule has 0 unspecified atom stereocenters. The standard InChI is InChI=1S/C7H3BClFO2/c8-4-2-1-3(7(11)12)6(10)5(4)9/h1-2H,(H,11,12). The van der Waals surface area contributed by atoms with Crippen LogP contribution in [0.1, 0.15) is 10.4 Å². The molecule has 2 nitrogen and oxygen atoms in total. The molecule has 12 heavy (non-hydrogen) atoms. The van der Waals surface area contributed by atoms with Crippen molar-refractivity contribution in [1.82, 2.24) is 0 Å². The van der Waals surface area contributed by atoms with E-state index >= 15 is 0 Å². The third-order valence-corrected chi connectivity index (χ3v) is 1.73. The second kappa shape index (κ2) is 3.15. The van der Waals surface area contributed by atoms with Gasteiger partial charge in [0.15, 0.2) is 5.82 Å². The van der Waals surface area contributed by atoms with Gasteiger partial charge in [-0.25, -0.2) is 9.18 Å². The number of benzene rings is 1. The smallest absolute Gasteiger partial charge is 0.338 e. The fourth-order valence-electron chi connectivity index (χ4n) is 0.730. The van der Waals surface area contributed by atoms with Crippen molar-refractivity contribution in [1.29, 1.82) is 0 Å². The van der Waals surface area contributed by atoms with Crippen LogP contribution in [0, 0.1) is 5.82 Å². The quantitative estimate of drug-likeness (QED) is 0.660. The third kappa shape index (κ3) is 1.43. The van der Waals surface area contributed by atoms with Crippen molar-refractivity contribution < 1.29 is 14.3 Å². The van der Waals surface area contributed by atoms with Gasteiger partial charge < -0.3 is 5.11 Å². The molecule has 0 aromatic heterocycles. The maximum atomic E-state index is 12.9. The van der Waals surface area contributed by atoms with E-state index in [0.29, 0.717) is 0 Å². The Kier molecular flexibility index (Phi) is 2.38. The minimum absolute atomic E-state index is 0.0270. The number of carboxylic acids is 1. The van der Waals surface area contributed by atoms with Crippen molar-refractivity contribution in [2.75, 3.05) is 0 Å². The normalized spacial score (nSPS) is 9.83. The van der Waals surface area contributed by atoms with Crippen LogP contribution in [-0.4, -0.2) is 18.9 Å². The Hall–Kier alpha value is -1.03. The van der Waals surface area contributed by atoms with E-state index < -0.39 is 17.3 Å². The lowest BCUT2D eigenvalue weighted by molar-refractivity contribution is 0.0692. The molecular weight excluding hydrogens is 181 g/mol. The minimum Gasteiger partial charge on any atom is -0.478 e. The van der Waals surface area contributed by atoms with E-state index in [1.807, 2.05) is 0 Å². The second-order valence-electron chi connectivity index (χ2n) is 2.14. The SMILES string of the molecule is [B]c1ccc(C(=O)O)c(F)c1Cl. The highest BCUT2D eigenvalue weighted by Gasteiger charge is 2.13. The molecular formula is C7H3BClFO2. The summed E-state index contributed by atoms with van der Waals surface area (Å²) in [4.78, 5) is 10.3. The molecule has 0 aliphatic carbocycles. The summed E-state index contributed by atoms with van der Waals surface area (Å²) in [6.45, 7) is 0. The van der Waals surface area contributed by atoms with Gasteiger partial charge in [-0.1, -0.05) is 23.1 Å². The Labute approximate surface area is 74.4 Å². The molecule has 0 fully saturated rings. The summed E-state index contributed by atoms with van der Waals surface area (Å²) in [6.07, 6.45) is 0. The first-order valence-electron chi connectivity index (χ1n) is 3.01. The van der Waals surface area contributed by atoms with E-state index in [4.69, 9.17) is 24.6 Å². The predicted molar refractivity (Wildman–Crippen MR) is 43.8 cm³/mol. The second-order valence-corrected chi connectivity index (χ2v) is 2.51. The largest absolute Gasteiger partial charge is 0.478 e. The first-order chi connectivity index (χ1) is 5.54. The lowest BCUT2D eigenvalue weighted by atomic mass is 9.95. The van der Waals surface area contributed by atoms with Crippen LogP contribution < -0.4 is 5.46 Å². The van der Waals surface area contributed by atoms with Crippen molar-refractivity contribution in [2.45, 2.75) is 0 Å². The van der Waals surface area contributed by atoms with Crippen LogP contribution in [0.3, 0.4) is 0 Å². The molecule has 0 heterocycles. The number of carboxylic acid groups (broad SMARTS) is 1. The van der Waals surface area contributed by atoms with Gasteiger partial charge in [0.1, 0.15) is 7.85 Å². The van der Waals surface area contributed by atoms with E-state index in [1.165, 1.54) is 6.07 Å². The highest BCUT2D eigenvalue weighted by Crippen LogP contribution is 2.15. The highest BCUT2D eigenvalue weighted by molar-refractivity contribution is 6.45. The Balaban J connectivity index is 3.36. The topological polar surface area (TPSA) is 37.3 Å². The zero-order chi connectivity index (χ0) is 9.30. The molecule has 2 radical (unpaired) electrons. The lowest BCUT2D eigenvalue weighted by Gasteiger charge is -2.01. The van der Waals surface area contributed by atoms with E-state index in [9.17, 15) is 9.18 Å². The van der Waals surface area contributed by atoms with E-state index in [1.54, 1.807) is 0 Å². The molecule has 0 spiro atoms. The van der Waals surface area contributed by atoms with E-state index in [-0.39, 0.29) is 10.5 Å². The van der Waals surface area contributed by atoms with E-state index in [0.717, 1.165) is 6.07 Å². The van der Waals surface area contributed by atoms with Crippen LogP contribution in [0.2, 0.25) is 5.02 Å². The lowest BCUT2D eigenvalue weighted by Crippen LogP contribution is -2.10. The first-order valence-corrected chi connectivity index (χ1v) is 3.38. The molecule has 0 bridgehead atoms. The summed E-state index contributed by atoms with van der Waals surface area (Å²) in [5.74, 6) is -2.36. The van der Waals surface area contributed by atoms with Gasteiger partial charge >= 0.3 is 5.97 Å². The number of rotatable bonds is 1. The Bertz CT molecular complexity index is 340. The van der Waals surface area contributed by atoms with Crippen LogP contribution in [0.4, 0.5) is 4.39 Å².